The summed E-state index contributed by atoms with van der Waals surface area (Å²) >= 11 is 1.49. The van der Waals surface area contributed by atoms with Gasteiger partial charge in [-0.05, 0) is 52.3 Å². The van der Waals surface area contributed by atoms with E-state index in [0.717, 1.165) is 60.8 Å². The van der Waals surface area contributed by atoms with Gasteiger partial charge in [-0.15, -0.1) is 11.3 Å². The van der Waals surface area contributed by atoms with Crippen LogP contribution >= 0.6 is 11.3 Å². The minimum absolute atomic E-state index is 0.0392. The molecule has 11 nitrogen and oxygen atoms in total. The molecule has 3 aliphatic rings. The number of anilines is 3. The molecule has 2 atom stereocenters. The van der Waals surface area contributed by atoms with Crippen LogP contribution in [0.2, 0.25) is 0 Å². The SMILES string of the molecule is C=CC(=O)N1CCN(c2cc(-c3noc([C@@]4(C)CCCc5sc(N)c(C#N)c54)n3)nc(N3CCN(C)C[C@H]3C)c2)CC1. The molecule has 3 aromatic heterocycles. The number of piperazine rings is 2. The van der Waals surface area contributed by atoms with E-state index in [1.54, 1.807) is 0 Å². The van der Waals surface area contributed by atoms with E-state index in [1.807, 2.05) is 11.0 Å². The molecule has 6 rings (SSSR count). The standard InChI is InChI=1S/C30H37N9O2S/c1-5-25(40)38-12-10-37(11-13-38)20-15-22(33-24(16-20)39-14-9-36(4)18-19(39)2)28-34-29(41-35-28)30(3)8-6-7-23-26(30)21(17-31)27(32)42-23/h5,15-16,19H,1,6-14,18,32H2,2-4H3/t19-,30+/m1/s1. The fourth-order valence-corrected chi connectivity index (χ4v) is 7.79. The van der Waals surface area contributed by atoms with Gasteiger partial charge in [0.15, 0.2) is 0 Å². The summed E-state index contributed by atoms with van der Waals surface area (Å²) in [6.45, 7) is 13.3. The van der Waals surface area contributed by atoms with Gasteiger partial charge in [-0.2, -0.15) is 10.2 Å². The number of hydrogen-bond donors (Lipinski definition) is 1. The van der Waals surface area contributed by atoms with Gasteiger partial charge < -0.3 is 29.9 Å². The van der Waals surface area contributed by atoms with Crippen LogP contribution in [0.4, 0.5) is 16.5 Å². The molecule has 0 unspecified atom stereocenters. The predicted octanol–water partition coefficient (Wildman–Crippen LogP) is 3.26. The molecule has 0 radical (unpaired) electrons. The Bertz CT molecular complexity index is 1550. The third kappa shape index (κ3) is 4.90. The summed E-state index contributed by atoms with van der Waals surface area (Å²) in [6, 6.07) is 6.76. The van der Waals surface area contributed by atoms with E-state index in [4.69, 9.17) is 20.2 Å². The molecule has 12 heteroatoms. The van der Waals surface area contributed by atoms with Gasteiger partial charge in [-0.25, -0.2) is 4.98 Å². The number of nitrogen functional groups attached to an aromatic ring is 1. The average molecular weight is 588 g/mol. The molecular formula is C30H37N9O2S. The molecule has 42 heavy (non-hydrogen) atoms. The van der Waals surface area contributed by atoms with Gasteiger partial charge in [0.1, 0.15) is 22.6 Å². The van der Waals surface area contributed by atoms with Crippen molar-refractivity contribution in [2.45, 2.75) is 44.6 Å². The zero-order chi connectivity index (χ0) is 29.6. The van der Waals surface area contributed by atoms with E-state index in [9.17, 15) is 10.1 Å². The highest BCUT2D eigenvalue weighted by atomic mass is 32.1. The number of amides is 1. The Morgan fingerprint density at radius 2 is 2.02 bits per heavy atom. The lowest BCUT2D eigenvalue weighted by molar-refractivity contribution is -0.126. The quantitative estimate of drug-likeness (QED) is 0.444. The van der Waals surface area contributed by atoms with Crippen molar-refractivity contribution in [3.05, 3.63) is 46.7 Å². The van der Waals surface area contributed by atoms with Gasteiger partial charge in [-0.1, -0.05) is 11.7 Å². The molecule has 1 aliphatic carbocycles. The van der Waals surface area contributed by atoms with Gasteiger partial charge in [0.25, 0.3) is 0 Å². The normalized spacial score (nSPS) is 23.0. The number of nitrogens with zero attached hydrogens (tertiary/aromatic N) is 8. The van der Waals surface area contributed by atoms with E-state index in [0.29, 0.717) is 54.2 Å². The van der Waals surface area contributed by atoms with Crippen molar-refractivity contribution < 1.29 is 9.32 Å². The Labute approximate surface area is 250 Å². The van der Waals surface area contributed by atoms with Gasteiger partial charge in [-0.3, -0.25) is 4.79 Å². The lowest BCUT2D eigenvalue weighted by Gasteiger charge is -2.40. The molecular weight excluding hydrogens is 550 g/mol. The average Bonchev–Trinajstić information content (AvgIpc) is 3.62. The van der Waals surface area contributed by atoms with Crippen LogP contribution in [0, 0.1) is 11.3 Å². The zero-order valence-electron chi connectivity index (χ0n) is 24.5. The Kier molecular flexibility index (Phi) is 7.41. The minimum Gasteiger partial charge on any atom is -0.389 e. The highest BCUT2D eigenvalue weighted by Crippen LogP contribution is 2.48. The van der Waals surface area contributed by atoms with Crippen LogP contribution < -0.4 is 15.5 Å². The Morgan fingerprint density at radius 3 is 2.74 bits per heavy atom. The molecule has 2 fully saturated rings. The van der Waals surface area contributed by atoms with Crippen LogP contribution in [0.1, 0.15) is 48.6 Å². The van der Waals surface area contributed by atoms with Gasteiger partial charge in [0.05, 0.1) is 11.0 Å². The summed E-state index contributed by atoms with van der Waals surface area (Å²) in [7, 11) is 2.14. The van der Waals surface area contributed by atoms with E-state index < -0.39 is 5.41 Å². The zero-order valence-corrected chi connectivity index (χ0v) is 25.3. The fourth-order valence-electron chi connectivity index (χ4n) is 6.60. The lowest BCUT2D eigenvalue weighted by Crippen LogP contribution is -2.51. The number of carbonyl (C=O) groups is 1. The molecule has 2 saturated heterocycles. The highest BCUT2D eigenvalue weighted by molar-refractivity contribution is 7.16. The van der Waals surface area contributed by atoms with Crippen molar-refractivity contribution in [1.82, 2.24) is 24.9 Å². The number of hydrogen-bond acceptors (Lipinski definition) is 11. The molecule has 0 saturated carbocycles. The molecule has 2 aliphatic heterocycles. The fraction of sp³-hybridized carbons (Fsp3) is 0.500. The van der Waals surface area contributed by atoms with Crippen molar-refractivity contribution in [2.75, 3.05) is 68.4 Å². The van der Waals surface area contributed by atoms with Crippen molar-refractivity contribution in [3.63, 3.8) is 0 Å². The largest absolute Gasteiger partial charge is 0.389 e. The maximum atomic E-state index is 12.2. The molecule has 3 aromatic rings. The van der Waals surface area contributed by atoms with Crippen molar-refractivity contribution >= 4 is 33.8 Å². The topological polar surface area (TPSA) is 132 Å². The second-order valence-corrected chi connectivity index (χ2v) is 12.9. The second-order valence-electron chi connectivity index (χ2n) is 11.7. The summed E-state index contributed by atoms with van der Waals surface area (Å²) in [6.07, 6.45) is 4.01. The van der Waals surface area contributed by atoms with E-state index in [1.165, 1.54) is 17.4 Å². The third-order valence-corrected chi connectivity index (χ3v) is 10.0. The maximum absolute atomic E-state index is 12.2. The molecule has 0 aromatic carbocycles. The number of rotatable bonds is 5. The number of carbonyl (C=O) groups excluding carboxylic acids is 1. The number of aromatic nitrogens is 3. The van der Waals surface area contributed by atoms with Crippen LogP contribution in [-0.2, 0) is 16.6 Å². The second kappa shape index (κ2) is 11.0. The van der Waals surface area contributed by atoms with E-state index in [2.05, 4.69) is 59.5 Å². The van der Waals surface area contributed by atoms with Crippen LogP contribution in [0.5, 0.6) is 0 Å². The smallest absolute Gasteiger partial charge is 0.246 e. The van der Waals surface area contributed by atoms with Gasteiger partial charge >= 0.3 is 0 Å². The monoisotopic (exact) mass is 587 g/mol. The Balaban J connectivity index is 1.37. The molecule has 5 heterocycles. The first-order valence-corrected chi connectivity index (χ1v) is 15.3. The van der Waals surface area contributed by atoms with Gasteiger partial charge in [0.2, 0.25) is 17.6 Å². The number of pyridine rings is 1. The van der Waals surface area contributed by atoms with Crippen LogP contribution in [0.15, 0.2) is 29.3 Å². The van der Waals surface area contributed by atoms with Crippen molar-refractivity contribution in [3.8, 4) is 17.6 Å². The number of nitriles is 1. The molecule has 220 valence electrons. The summed E-state index contributed by atoms with van der Waals surface area (Å²) in [4.78, 5) is 32.1. The summed E-state index contributed by atoms with van der Waals surface area (Å²) in [5.41, 5.74) is 8.74. The minimum atomic E-state index is -0.599. The number of aryl methyl sites for hydroxylation is 1. The van der Waals surface area contributed by atoms with Gasteiger partial charge in [0, 0.05) is 74.0 Å². The first kappa shape index (κ1) is 28.2. The van der Waals surface area contributed by atoms with Crippen LogP contribution in [-0.4, -0.2) is 89.7 Å². The summed E-state index contributed by atoms with van der Waals surface area (Å²) < 4.78 is 5.95. The highest BCUT2D eigenvalue weighted by Gasteiger charge is 2.43. The number of fused-ring (bicyclic) bond motifs is 1. The predicted molar refractivity (Wildman–Crippen MR) is 164 cm³/mol. The Morgan fingerprint density at radius 1 is 1.24 bits per heavy atom. The van der Waals surface area contributed by atoms with Crippen LogP contribution in [0.25, 0.3) is 11.5 Å². The number of likely N-dealkylation sites (N-methyl/N-ethyl adjacent to an activating group) is 1. The molecule has 0 spiro atoms. The molecule has 2 N–H and O–H groups in total. The summed E-state index contributed by atoms with van der Waals surface area (Å²) in [5.74, 6) is 1.74. The van der Waals surface area contributed by atoms with E-state index in [-0.39, 0.29) is 11.9 Å². The first-order valence-electron chi connectivity index (χ1n) is 14.5. The van der Waals surface area contributed by atoms with Crippen LogP contribution in [0.3, 0.4) is 0 Å². The molecule has 0 bridgehead atoms. The first-order chi connectivity index (χ1) is 20.2. The lowest BCUT2D eigenvalue weighted by atomic mass is 9.72. The Hall–Kier alpha value is -3.95. The third-order valence-electron chi connectivity index (χ3n) is 8.93. The maximum Gasteiger partial charge on any atom is 0.246 e. The van der Waals surface area contributed by atoms with Crippen molar-refractivity contribution in [1.29, 1.82) is 5.26 Å². The summed E-state index contributed by atoms with van der Waals surface area (Å²) in [5, 5.41) is 14.9. The van der Waals surface area contributed by atoms with Crippen molar-refractivity contribution in [2.24, 2.45) is 0 Å². The molecule has 1 amide bonds. The number of thiophene rings is 1. The van der Waals surface area contributed by atoms with E-state index >= 15 is 0 Å². The number of nitrogens with two attached hydrogens (primary N) is 1.